The number of hydrogen-bond acceptors (Lipinski definition) is 4. The number of hydrogen-bond donors (Lipinski definition) is 1. The number of likely N-dealkylation sites (tertiary alicyclic amines) is 2. The Labute approximate surface area is 201 Å². The van der Waals surface area contributed by atoms with Crippen molar-refractivity contribution in [3.63, 3.8) is 0 Å². The first-order valence-corrected chi connectivity index (χ1v) is 12.2. The first-order valence-electron chi connectivity index (χ1n) is 12.2. The van der Waals surface area contributed by atoms with Crippen molar-refractivity contribution in [2.45, 2.75) is 50.8 Å². The van der Waals surface area contributed by atoms with Gasteiger partial charge < -0.3 is 19.9 Å². The summed E-state index contributed by atoms with van der Waals surface area (Å²) in [6, 6.07) is 18.5. The molecular formula is C27H33N3O4. The molecule has 2 atom stereocenters. The molecule has 7 nitrogen and oxygen atoms in total. The predicted octanol–water partition coefficient (Wildman–Crippen LogP) is 3.18. The van der Waals surface area contributed by atoms with E-state index >= 15 is 0 Å². The molecule has 2 aliphatic heterocycles. The van der Waals surface area contributed by atoms with Gasteiger partial charge >= 0.3 is 6.03 Å². The second-order valence-electron chi connectivity index (χ2n) is 8.95. The molecule has 0 aromatic heterocycles. The summed E-state index contributed by atoms with van der Waals surface area (Å²) in [6.07, 6.45) is 3.60. The van der Waals surface area contributed by atoms with E-state index < -0.39 is 12.1 Å². The summed E-state index contributed by atoms with van der Waals surface area (Å²) in [6.45, 7) is 1.97. The first kappa shape index (κ1) is 24.0. The highest BCUT2D eigenvalue weighted by Crippen LogP contribution is 2.25. The van der Waals surface area contributed by atoms with Crippen molar-refractivity contribution in [3.05, 3.63) is 71.8 Å². The molecule has 180 valence electrons. The summed E-state index contributed by atoms with van der Waals surface area (Å²) in [4.78, 5) is 42.4. The van der Waals surface area contributed by atoms with E-state index in [0.29, 0.717) is 39.1 Å². The maximum atomic E-state index is 13.4. The molecule has 0 radical (unpaired) electrons. The average molecular weight is 464 g/mol. The van der Waals surface area contributed by atoms with Gasteiger partial charge in [-0.25, -0.2) is 4.79 Å². The van der Waals surface area contributed by atoms with E-state index in [2.05, 4.69) is 5.32 Å². The zero-order valence-electron chi connectivity index (χ0n) is 19.5. The van der Waals surface area contributed by atoms with Crippen LogP contribution in [0.2, 0.25) is 0 Å². The fraction of sp³-hybridized carbons (Fsp3) is 0.444. The molecule has 2 heterocycles. The number of nitrogens with one attached hydrogen (secondary N) is 1. The molecule has 2 aromatic rings. The monoisotopic (exact) mass is 463 g/mol. The van der Waals surface area contributed by atoms with Gasteiger partial charge in [-0.2, -0.15) is 0 Å². The fourth-order valence-corrected chi connectivity index (χ4v) is 4.82. The highest BCUT2D eigenvalue weighted by molar-refractivity contribution is 5.93. The van der Waals surface area contributed by atoms with Gasteiger partial charge in [0.05, 0.1) is 12.6 Å². The molecule has 2 fully saturated rings. The number of nitrogens with zero attached hydrogens (tertiary/aromatic N) is 2. The average Bonchev–Trinajstić information content (AvgIpc) is 3.55. The summed E-state index contributed by atoms with van der Waals surface area (Å²) < 4.78 is 5.63. The molecule has 2 saturated heterocycles. The van der Waals surface area contributed by atoms with Crippen LogP contribution in [0.25, 0.3) is 0 Å². The van der Waals surface area contributed by atoms with Crippen molar-refractivity contribution in [3.8, 4) is 0 Å². The normalized spacial score (nSPS) is 19.9. The van der Waals surface area contributed by atoms with Gasteiger partial charge in [0.2, 0.25) is 5.91 Å². The van der Waals surface area contributed by atoms with Crippen LogP contribution in [0.5, 0.6) is 0 Å². The third kappa shape index (κ3) is 6.03. The van der Waals surface area contributed by atoms with Crippen molar-refractivity contribution >= 4 is 17.7 Å². The van der Waals surface area contributed by atoms with Crippen molar-refractivity contribution in [1.29, 1.82) is 0 Å². The number of amides is 3. The minimum absolute atomic E-state index is 0.0162. The van der Waals surface area contributed by atoms with Crippen LogP contribution in [0.1, 0.15) is 36.8 Å². The van der Waals surface area contributed by atoms with Crippen molar-refractivity contribution in [1.82, 2.24) is 15.1 Å². The molecule has 0 bridgehead atoms. The van der Waals surface area contributed by atoms with Gasteiger partial charge in [0.15, 0.2) is 5.78 Å². The van der Waals surface area contributed by atoms with Gasteiger partial charge in [0.1, 0.15) is 12.6 Å². The molecular weight excluding hydrogens is 430 g/mol. The second kappa shape index (κ2) is 11.8. The molecule has 0 saturated carbocycles. The molecule has 34 heavy (non-hydrogen) atoms. The summed E-state index contributed by atoms with van der Waals surface area (Å²) in [5, 5.41) is 2.96. The number of carbonyl (C=O) groups is 3. The summed E-state index contributed by atoms with van der Waals surface area (Å²) in [7, 11) is 0. The number of urea groups is 1. The molecule has 4 rings (SSSR count). The number of benzene rings is 2. The van der Waals surface area contributed by atoms with E-state index in [0.717, 1.165) is 30.4 Å². The Morgan fingerprint density at radius 3 is 2.15 bits per heavy atom. The van der Waals surface area contributed by atoms with Crippen LogP contribution in [0.4, 0.5) is 4.79 Å². The molecule has 7 heteroatoms. The van der Waals surface area contributed by atoms with E-state index in [1.54, 1.807) is 9.80 Å². The van der Waals surface area contributed by atoms with Crippen LogP contribution in [0, 0.1) is 0 Å². The lowest BCUT2D eigenvalue weighted by molar-refractivity contribution is -0.142. The zero-order valence-corrected chi connectivity index (χ0v) is 19.5. The van der Waals surface area contributed by atoms with Crippen LogP contribution >= 0.6 is 0 Å². The van der Waals surface area contributed by atoms with Gasteiger partial charge in [-0.1, -0.05) is 60.7 Å². The van der Waals surface area contributed by atoms with Gasteiger partial charge in [-0.05, 0) is 43.2 Å². The minimum Gasteiger partial charge on any atom is -0.369 e. The molecule has 0 aliphatic carbocycles. The van der Waals surface area contributed by atoms with E-state index in [9.17, 15) is 14.4 Å². The van der Waals surface area contributed by atoms with Crippen molar-refractivity contribution in [2.24, 2.45) is 0 Å². The van der Waals surface area contributed by atoms with E-state index in [1.165, 1.54) is 0 Å². The van der Waals surface area contributed by atoms with E-state index in [1.807, 2.05) is 60.7 Å². The second-order valence-corrected chi connectivity index (χ2v) is 8.95. The third-order valence-electron chi connectivity index (χ3n) is 6.59. The molecule has 2 aliphatic rings. The van der Waals surface area contributed by atoms with Gasteiger partial charge in [-0.15, -0.1) is 0 Å². The minimum atomic E-state index is -0.504. The molecule has 2 aromatic carbocycles. The van der Waals surface area contributed by atoms with Crippen molar-refractivity contribution in [2.75, 3.05) is 26.2 Å². The Balaban J connectivity index is 1.28. The van der Waals surface area contributed by atoms with Gasteiger partial charge in [-0.3, -0.25) is 9.59 Å². The Morgan fingerprint density at radius 1 is 0.824 bits per heavy atom. The Kier molecular flexibility index (Phi) is 8.31. The van der Waals surface area contributed by atoms with Crippen LogP contribution < -0.4 is 5.32 Å². The summed E-state index contributed by atoms with van der Waals surface area (Å²) >= 11 is 0. The highest BCUT2D eigenvalue weighted by atomic mass is 16.5. The van der Waals surface area contributed by atoms with Crippen LogP contribution in [-0.2, 0) is 27.4 Å². The predicted molar refractivity (Wildman–Crippen MR) is 129 cm³/mol. The summed E-state index contributed by atoms with van der Waals surface area (Å²) in [5.74, 6) is -0.187. The zero-order chi connectivity index (χ0) is 23.8. The van der Waals surface area contributed by atoms with Crippen LogP contribution in [-0.4, -0.2) is 65.8 Å². The van der Waals surface area contributed by atoms with Crippen molar-refractivity contribution < 1.29 is 19.1 Å². The molecule has 3 amide bonds. The number of rotatable bonds is 9. The summed E-state index contributed by atoms with van der Waals surface area (Å²) in [5.41, 5.74) is 2.17. The number of carbonyl (C=O) groups excluding carboxylic acids is 3. The highest BCUT2D eigenvalue weighted by Gasteiger charge is 2.41. The van der Waals surface area contributed by atoms with E-state index in [-0.39, 0.29) is 24.3 Å². The van der Waals surface area contributed by atoms with Crippen LogP contribution in [0.15, 0.2) is 60.7 Å². The van der Waals surface area contributed by atoms with Gasteiger partial charge in [0, 0.05) is 19.6 Å². The Morgan fingerprint density at radius 2 is 1.44 bits per heavy atom. The van der Waals surface area contributed by atoms with Crippen LogP contribution in [0.3, 0.4) is 0 Å². The Bertz CT molecular complexity index is 889. The standard InChI is InChI=1S/C27H33N3O4/c31-25(20-34-19-22-11-5-2-6-12-22)23-13-7-17-29(23)26(32)24-14-8-18-30(24)27(33)28-16-15-21-9-3-1-4-10-21/h1-6,9-12,23-24H,7-8,13-20H2,(H,28,33). The molecule has 1 N–H and O–H groups in total. The van der Waals surface area contributed by atoms with Gasteiger partial charge in [0.25, 0.3) is 0 Å². The van der Waals surface area contributed by atoms with E-state index in [4.69, 9.17) is 4.74 Å². The topological polar surface area (TPSA) is 79.0 Å². The quantitative estimate of drug-likeness (QED) is 0.620. The third-order valence-corrected chi connectivity index (χ3v) is 6.59. The lowest BCUT2D eigenvalue weighted by Crippen LogP contribution is -2.53. The largest absolute Gasteiger partial charge is 0.369 e. The number of ether oxygens (including phenoxy) is 1. The lowest BCUT2D eigenvalue weighted by atomic mass is 10.1. The number of Topliss-reactive ketones (excluding diaryl/α,β-unsaturated/α-hetero) is 1. The molecule has 0 spiro atoms. The fourth-order valence-electron chi connectivity index (χ4n) is 4.82. The first-order chi connectivity index (χ1) is 16.6. The smallest absolute Gasteiger partial charge is 0.318 e. The maximum Gasteiger partial charge on any atom is 0.318 e. The SMILES string of the molecule is O=C(COCc1ccccc1)C1CCCN1C(=O)C1CCCN1C(=O)NCCc1ccccc1. The molecule has 2 unspecified atom stereocenters. The Hall–Kier alpha value is -3.19. The lowest BCUT2D eigenvalue weighted by Gasteiger charge is -2.31. The number of ketones is 1. The maximum absolute atomic E-state index is 13.4.